The highest BCUT2D eigenvalue weighted by atomic mass is 16.3. The number of allylic oxidation sites excluding steroid dienone is 1. The summed E-state index contributed by atoms with van der Waals surface area (Å²) in [6.45, 7) is 1.18. The number of hydrogen-bond acceptors (Lipinski definition) is 4. The van der Waals surface area contributed by atoms with Crippen LogP contribution in [0.1, 0.15) is 19.8 Å². The van der Waals surface area contributed by atoms with Gasteiger partial charge in [-0.15, -0.1) is 0 Å². The lowest BCUT2D eigenvalue weighted by atomic mass is 10.0. The van der Waals surface area contributed by atoms with Crippen LogP contribution in [0, 0.1) is 10.8 Å². The van der Waals surface area contributed by atoms with E-state index in [1.165, 1.54) is 13.0 Å². The predicted molar refractivity (Wildman–Crippen MR) is 51.0 cm³/mol. The Labute approximate surface area is 81.9 Å². The van der Waals surface area contributed by atoms with Gasteiger partial charge in [-0.25, -0.2) is 0 Å². The fraction of sp³-hybridized carbons (Fsp3) is 0.556. The van der Waals surface area contributed by atoms with Gasteiger partial charge in [-0.05, 0) is 12.8 Å². The molecule has 1 amide bonds. The Kier molecular flexibility index (Phi) is 2.90. The van der Waals surface area contributed by atoms with Gasteiger partial charge in [0, 0.05) is 24.1 Å². The monoisotopic (exact) mass is 198 g/mol. The highest BCUT2D eigenvalue weighted by Gasteiger charge is 2.45. The van der Waals surface area contributed by atoms with Crippen molar-refractivity contribution in [2.45, 2.75) is 19.8 Å². The molecule has 1 saturated carbocycles. The first-order valence-corrected chi connectivity index (χ1v) is 4.38. The molecule has 14 heavy (non-hydrogen) atoms. The third-order valence-corrected chi connectivity index (χ3v) is 2.31. The highest BCUT2D eigenvalue weighted by molar-refractivity contribution is 5.99. The molecule has 5 nitrogen and oxygen atoms in total. The van der Waals surface area contributed by atoms with Crippen molar-refractivity contribution in [1.82, 2.24) is 5.32 Å². The zero-order valence-corrected chi connectivity index (χ0v) is 8.00. The predicted octanol–water partition coefficient (Wildman–Crippen LogP) is 0.314. The first-order chi connectivity index (χ1) is 6.50. The van der Waals surface area contributed by atoms with Crippen LogP contribution in [0.25, 0.3) is 0 Å². The summed E-state index contributed by atoms with van der Waals surface area (Å²) in [5.74, 6) is -0.734. The van der Waals surface area contributed by atoms with Crippen LogP contribution in [-0.4, -0.2) is 28.4 Å². The largest absolute Gasteiger partial charge is 0.494 e. The number of carbonyl (C=O) groups excluding carboxylic acids is 1. The van der Waals surface area contributed by atoms with E-state index in [1.807, 2.05) is 0 Å². The van der Waals surface area contributed by atoms with Crippen molar-refractivity contribution in [2.24, 2.45) is 5.41 Å². The second-order valence-electron chi connectivity index (χ2n) is 3.56. The van der Waals surface area contributed by atoms with Crippen molar-refractivity contribution in [3.05, 3.63) is 12.0 Å². The molecule has 4 N–H and O–H groups in total. The maximum atomic E-state index is 10.5. The molecule has 1 aliphatic carbocycles. The van der Waals surface area contributed by atoms with Crippen LogP contribution in [0.2, 0.25) is 0 Å². The molecule has 0 saturated heterocycles. The minimum Gasteiger partial charge on any atom is -0.494 e. The van der Waals surface area contributed by atoms with Gasteiger partial charge >= 0.3 is 0 Å². The summed E-state index contributed by atoms with van der Waals surface area (Å²) in [5, 5.41) is 27.9. The molecule has 0 aromatic heterocycles. The van der Waals surface area contributed by atoms with E-state index in [1.54, 1.807) is 0 Å². The molecule has 0 aromatic rings. The zero-order chi connectivity index (χ0) is 10.8. The maximum Gasteiger partial charge on any atom is 0.223 e. The maximum absolute atomic E-state index is 10.5. The van der Waals surface area contributed by atoms with Crippen LogP contribution in [0.3, 0.4) is 0 Å². The van der Waals surface area contributed by atoms with Gasteiger partial charge in [0.25, 0.3) is 0 Å². The number of rotatable bonds is 4. The Morgan fingerprint density at radius 1 is 1.64 bits per heavy atom. The molecule has 5 heteroatoms. The van der Waals surface area contributed by atoms with E-state index in [0.29, 0.717) is 0 Å². The van der Waals surface area contributed by atoms with Crippen molar-refractivity contribution < 1.29 is 15.0 Å². The third kappa shape index (κ3) is 2.32. The zero-order valence-electron chi connectivity index (χ0n) is 8.00. The molecular formula is C9H14N2O3. The van der Waals surface area contributed by atoms with Gasteiger partial charge < -0.3 is 15.6 Å². The second kappa shape index (κ2) is 3.79. The van der Waals surface area contributed by atoms with Crippen molar-refractivity contribution in [1.29, 1.82) is 5.41 Å². The van der Waals surface area contributed by atoms with E-state index in [4.69, 9.17) is 10.5 Å². The van der Waals surface area contributed by atoms with Crippen LogP contribution in [-0.2, 0) is 4.79 Å². The lowest BCUT2D eigenvalue weighted by Gasteiger charge is -2.10. The summed E-state index contributed by atoms with van der Waals surface area (Å²) in [6, 6.07) is 0. The number of nitrogens with one attached hydrogen (secondary N) is 2. The Bertz CT molecular complexity index is 292. The fourth-order valence-electron chi connectivity index (χ4n) is 1.17. The molecule has 78 valence electrons. The number of aliphatic hydroxyl groups excluding tert-OH is 2. The van der Waals surface area contributed by atoms with Crippen LogP contribution in [0.15, 0.2) is 12.0 Å². The normalized spacial score (nSPS) is 18.9. The summed E-state index contributed by atoms with van der Waals surface area (Å²) in [6.07, 6.45) is 2.68. The summed E-state index contributed by atoms with van der Waals surface area (Å²) in [5.41, 5.74) is -0.321. The van der Waals surface area contributed by atoms with Crippen LogP contribution >= 0.6 is 0 Å². The van der Waals surface area contributed by atoms with Crippen LogP contribution < -0.4 is 5.32 Å². The molecule has 0 radical (unpaired) electrons. The van der Waals surface area contributed by atoms with Crippen molar-refractivity contribution >= 4 is 11.6 Å². The molecule has 1 rings (SSSR count). The van der Waals surface area contributed by atoms with Crippen LogP contribution in [0.5, 0.6) is 0 Å². The molecule has 0 unspecified atom stereocenters. The topological polar surface area (TPSA) is 93.4 Å². The number of carbonyl (C=O) groups is 1. The van der Waals surface area contributed by atoms with Crippen molar-refractivity contribution in [3.8, 4) is 0 Å². The molecule has 0 spiro atoms. The smallest absolute Gasteiger partial charge is 0.223 e. The quantitative estimate of drug-likeness (QED) is 0.387. The molecule has 0 atom stereocenters. The molecule has 1 aliphatic rings. The molecule has 0 heterocycles. The second-order valence-corrected chi connectivity index (χ2v) is 3.56. The molecule has 0 aliphatic heterocycles. The van der Waals surface area contributed by atoms with Gasteiger partial charge in [0.1, 0.15) is 0 Å². The van der Waals surface area contributed by atoms with Crippen LogP contribution in [0.4, 0.5) is 0 Å². The Morgan fingerprint density at radius 2 is 2.21 bits per heavy atom. The van der Waals surface area contributed by atoms with Gasteiger partial charge in [-0.1, -0.05) is 0 Å². The minimum absolute atomic E-state index is 0.0876. The Balaban J connectivity index is 2.58. The van der Waals surface area contributed by atoms with Gasteiger partial charge in [0.05, 0.1) is 6.61 Å². The van der Waals surface area contributed by atoms with Crippen molar-refractivity contribution in [2.75, 3.05) is 6.61 Å². The first-order valence-electron chi connectivity index (χ1n) is 4.38. The highest BCUT2D eigenvalue weighted by Crippen LogP contribution is 2.46. The number of aliphatic hydroxyl groups is 2. The Hall–Kier alpha value is -1.36. The Morgan fingerprint density at radius 3 is 2.57 bits per heavy atom. The summed E-state index contributed by atoms with van der Waals surface area (Å²) in [4.78, 5) is 10.5. The third-order valence-electron chi connectivity index (χ3n) is 2.31. The first kappa shape index (κ1) is 10.7. The molecule has 0 bridgehead atoms. The van der Waals surface area contributed by atoms with E-state index in [9.17, 15) is 9.90 Å². The van der Waals surface area contributed by atoms with Crippen molar-refractivity contribution in [3.63, 3.8) is 0 Å². The fourth-order valence-corrected chi connectivity index (χ4v) is 1.17. The lowest BCUT2D eigenvalue weighted by molar-refractivity contribution is -0.118. The summed E-state index contributed by atoms with van der Waals surface area (Å²) < 4.78 is 0. The van der Waals surface area contributed by atoms with Gasteiger partial charge in [0.15, 0.2) is 5.88 Å². The standard InChI is InChI=1S/C9H14N2O3/c1-6(13)11-8(14)4-7(10)9(5-12)2-3-9/h4,10,12,14H,2-3,5H2,1H3,(H,11,13)/b8-4-,10-7?. The lowest BCUT2D eigenvalue weighted by Crippen LogP contribution is -2.23. The minimum atomic E-state index is -0.480. The molecular weight excluding hydrogens is 184 g/mol. The van der Waals surface area contributed by atoms with Gasteiger partial charge in [0.2, 0.25) is 5.91 Å². The molecule has 0 aromatic carbocycles. The van der Waals surface area contributed by atoms with E-state index >= 15 is 0 Å². The number of hydrogen-bond donors (Lipinski definition) is 4. The molecule has 1 fully saturated rings. The average molecular weight is 198 g/mol. The van der Waals surface area contributed by atoms with E-state index in [-0.39, 0.29) is 24.1 Å². The van der Waals surface area contributed by atoms with E-state index < -0.39 is 5.41 Å². The average Bonchev–Trinajstić information content (AvgIpc) is 2.82. The SMILES string of the molecule is CC(=O)N/C(O)=C/C(=N)C1(CO)CC1. The number of amides is 1. The van der Waals surface area contributed by atoms with Gasteiger partial charge in [-0.2, -0.15) is 0 Å². The van der Waals surface area contributed by atoms with E-state index in [0.717, 1.165) is 12.8 Å². The summed E-state index contributed by atoms with van der Waals surface area (Å²) in [7, 11) is 0. The van der Waals surface area contributed by atoms with E-state index in [2.05, 4.69) is 5.32 Å². The van der Waals surface area contributed by atoms with Gasteiger partial charge in [-0.3, -0.25) is 10.1 Å². The summed E-state index contributed by atoms with van der Waals surface area (Å²) >= 11 is 0.